The van der Waals surface area contributed by atoms with Gasteiger partial charge in [-0.2, -0.15) is 10.2 Å². The van der Waals surface area contributed by atoms with Crippen LogP contribution in [0.15, 0.2) is 73.1 Å². The number of rotatable bonds is 23. The van der Waals surface area contributed by atoms with Crippen molar-refractivity contribution in [1.29, 1.82) is 0 Å². The van der Waals surface area contributed by atoms with Crippen molar-refractivity contribution in [2.45, 2.75) is 131 Å². The van der Waals surface area contributed by atoms with E-state index in [1.807, 2.05) is 58.8 Å². The van der Waals surface area contributed by atoms with Crippen molar-refractivity contribution in [3.63, 3.8) is 0 Å². The van der Waals surface area contributed by atoms with Crippen molar-refractivity contribution in [1.82, 2.24) is 44.8 Å². The van der Waals surface area contributed by atoms with Gasteiger partial charge in [0.15, 0.2) is 29.5 Å². The third-order valence-electron chi connectivity index (χ3n) is 13.7. The lowest BCUT2D eigenvalue weighted by molar-refractivity contribution is 0.0816. The van der Waals surface area contributed by atoms with Crippen molar-refractivity contribution in [3.05, 3.63) is 113 Å². The number of halogens is 2. The lowest BCUT2D eigenvalue weighted by Gasteiger charge is -2.16. The van der Waals surface area contributed by atoms with E-state index in [4.69, 9.17) is 14.6 Å². The van der Waals surface area contributed by atoms with Crippen LogP contribution in [-0.4, -0.2) is 86.8 Å². The summed E-state index contributed by atoms with van der Waals surface area (Å²) in [5.74, 6) is 1.12. The van der Waals surface area contributed by atoms with Crippen LogP contribution in [-0.2, 0) is 42.3 Å². The summed E-state index contributed by atoms with van der Waals surface area (Å²) in [6.45, 7) is 23.4. The number of hydrogen-bond acceptors (Lipinski definition) is 9. The van der Waals surface area contributed by atoms with Gasteiger partial charge in [-0.05, 0) is 139 Å². The quantitative estimate of drug-likeness (QED) is 0.0278. The molecule has 1 aliphatic carbocycles. The molecule has 0 amide bonds. The summed E-state index contributed by atoms with van der Waals surface area (Å²) < 4.78 is 44.5. The van der Waals surface area contributed by atoms with Crippen LogP contribution in [0.1, 0.15) is 72.4 Å². The van der Waals surface area contributed by atoms with Crippen LogP contribution in [0.3, 0.4) is 0 Å². The predicted molar refractivity (Wildman–Crippen MR) is 298 cm³/mol. The van der Waals surface area contributed by atoms with Gasteiger partial charge in [0.25, 0.3) is 0 Å². The maximum atomic E-state index is 14.7. The van der Waals surface area contributed by atoms with E-state index in [2.05, 4.69) is 82.7 Å². The fraction of sp³-hybridized carbons (Fsp3) is 0.421. The highest BCUT2D eigenvalue weighted by Crippen LogP contribution is 2.36. The van der Waals surface area contributed by atoms with Crippen LogP contribution < -0.4 is 5.32 Å². The molecular weight excluding hydrogens is 969 g/mol. The van der Waals surface area contributed by atoms with Crippen molar-refractivity contribution < 1.29 is 28.2 Å². The normalized spacial score (nSPS) is 13.0. The summed E-state index contributed by atoms with van der Waals surface area (Å²) in [5, 5.41) is 27.5. The number of aromatic amines is 2. The van der Waals surface area contributed by atoms with Crippen LogP contribution in [0.5, 0.6) is 5.75 Å². The molecule has 0 unspecified atom stereocenters. The maximum absolute atomic E-state index is 14.7. The average molecular weight is 1040 g/mol. The second-order valence-electron chi connectivity index (χ2n) is 22.1. The Balaban J connectivity index is 0.000000204. The summed E-state index contributed by atoms with van der Waals surface area (Å²) >= 11 is 0. The monoisotopic (exact) mass is 1040 g/mol. The zero-order valence-electron chi connectivity index (χ0n) is 44.6. The second-order valence-corrected chi connectivity index (χ2v) is 33.4. The lowest BCUT2D eigenvalue weighted by atomic mass is 9.95. The zero-order chi connectivity index (χ0) is 52.7. The Bertz CT molecular complexity index is 3220. The van der Waals surface area contributed by atoms with E-state index in [0.29, 0.717) is 42.4 Å². The number of hydrogen-bond donors (Lipinski definition) is 4. The standard InChI is InChI=1S/C32H45FN4O3Si2.C25H28FN5O/c1-9-24-16-23(2)29(33)18-28(24)25-10-11-27-30(17-25)37(22-40-13-15-42(6,7)8)35-31(27)32-34-26(20-38)19-36(32)21-39-12-14-41(3,4)5;1-2-16-11-23(32)21(26)12-20(16)17-7-8-19-22(10-17)30-31-24(19)25-28-14-18(29-25)13-27-9-3-4-15-5-6-15/h10-11,16-20H,9,12-15,21-22H2,1-8H3;7-8,10-12,14-15,27,32H,2-6,9,13H2,1H3,(H,28,29)(H,30,31). The number of carbonyl (C=O) groups excluding carboxylic acids is 1. The van der Waals surface area contributed by atoms with Crippen LogP contribution in [0.25, 0.3) is 67.1 Å². The first-order valence-corrected chi connectivity index (χ1v) is 33.6. The van der Waals surface area contributed by atoms with Crippen LogP contribution in [0.4, 0.5) is 8.78 Å². The van der Waals surface area contributed by atoms with Gasteiger partial charge in [-0.1, -0.05) is 84.2 Å². The Morgan fingerprint density at radius 1 is 0.838 bits per heavy atom. The molecule has 1 fully saturated rings. The van der Waals surface area contributed by atoms with Gasteiger partial charge in [-0.25, -0.2) is 23.4 Å². The minimum atomic E-state index is -1.26. The minimum absolute atomic E-state index is 0.219. The SMILES string of the molecule is CCc1cc(C)c(F)cc1-c1ccc2c(-c3nc(C=O)cn3COCC[Si](C)(C)C)nn(COCC[Si](C)(C)C)c2c1.CCc1cc(O)c(F)cc1-c1ccc2c(-c3ncc(CNCCCC4CC4)[nH]3)n[nH]c2c1. The Hall–Kier alpha value is -6.12. The molecule has 4 aromatic heterocycles. The van der Waals surface area contributed by atoms with E-state index in [1.54, 1.807) is 19.2 Å². The number of aldehydes is 1. The number of imidazole rings is 2. The predicted octanol–water partition coefficient (Wildman–Crippen LogP) is 13.3. The van der Waals surface area contributed by atoms with Crippen molar-refractivity contribution in [2.24, 2.45) is 5.92 Å². The molecule has 0 atom stereocenters. The smallest absolute Gasteiger partial charge is 0.170 e. The first-order chi connectivity index (χ1) is 35.4. The molecule has 74 heavy (non-hydrogen) atoms. The van der Waals surface area contributed by atoms with Crippen molar-refractivity contribution in [3.8, 4) is 51.0 Å². The number of H-pyrrole nitrogens is 2. The Morgan fingerprint density at radius 3 is 2.18 bits per heavy atom. The van der Waals surface area contributed by atoms with E-state index in [1.165, 1.54) is 37.8 Å². The van der Waals surface area contributed by atoms with E-state index in [9.17, 15) is 18.7 Å². The molecule has 13 nitrogen and oxygen atoms in total. The van der Waals surface area contributed by atoms with Gasteiger partial charge in [-0.15, -0.1) is 0 Å². The summed E-state index contributed by atoms with van der Waals surface area (Å²) in [5.41, 5.74) is 10.5. The van der Waals surface area contributed by atoms with E-state index in [0.717, 1.165) is 116 Å². The van der Waals surface area contributed by atoms with Crippen LogP contribution in [0.2, 0.25) is 51.4 Å². The highest BCUT2D eigenvalue weighted by Gasteiger charge is 2.23. The molecule has 1 saturated carbocycles. The van der Waals surface area contributed by atoms with E-state index >= 15 is 0 Å². The van der Waals surface area contributed by atoms with Gasteiger partial charge in [-0.3, -0.25) is 9.89 Å². The number of aromatic nitrogens is 8. The number of benzene rings is 4. The molecular formula is C57H73F2N9O4Si2. The molecule has 17 heteroatoms. The summed E-state index contributed by atoms with van der Waals surface area (Å²) in [4.78, 5) is 24.2. The maximum Gasteiger partial charge on any atom is 0.170 e. The summed E-state index contributed by atoms with van der Waals surface area (Å²) in [6.07, 6.45) is 11.2. The van der Waals surface area contributed by atoms with Gasteiger partial charge in [0.05, 0.1) is 17.2 Å². The molecule has 4 N–H and O–H groups in total. The third-order valence-corrected chi connectivity index (χ3v) is 17.1. The number of nitrogens with zero attached hydrogens (tertiary/aromatic N) is 6. The first kappa shape index (κ1) is 54.2. The van der Waals surface area contributed by atoms with Gasteiger partial charge in [0.1, 0.15) is 36.4 Å². The number of nitrogens with one attached hydrogen (secondary N) is 3. The summed E-state index contributed by atoms with van der Waals surface area (Å²) in [7, 11) is -2.49. The number of ether oxygens (including phenoxy) is 2. The van der Waals surface area contributed by atoms with Crippen LogP contribution in [0, 0.1) is 24.5 Å². The molecule has 9 rings (SSSR count). The Kier molecular flexibility index (Phi) is 17.3. The second kappa shape index (κ2) is 23.6. The first-order valence-electron chi connectivity index (χ1n) is 26.1. The lowest BCUT2D eigenvalue weighted by Crippen LogP contribution is -2.22. The highest BCUT2D eigenvalue weighted by molar-refractivity contribution is 6.76. The molecule has 392 valence electrons. The topological polar surface area (TPSA) is 161 Å². The molecule has 0 saturated heterocycles. The number of aromatic hydroxyl groups is 1. The van der Waals surface area contributed by atoms with Gasteiger partial charge in [0.2, 0.25) is 0 Å². The molecule has 0 spiro atoms. The van der Waals surface area contributed by atoms with Crippen LogP contribution >= 0.6 is 0 Å². The van der Waals surface area contributed by atoms with Gasteiger partial charge < -0.3 is 29.4 Å². The molecule has 0 aliphatic heterocycles. The number of phenolic OH excluding ortho intramolecular Hbond substituents is 1. The Labute approximate surface area is 435 Å². The Morgan fingerprint density at radius 2 is 1.50 bits per heavy atom. The third kappa shape index (κ3) is 13.6. The fourth-order valence-electron chi connectivity index (χ4n) is 9.01. The zero-order valence-corrected chi connectivity index (χ0v) is 46.6. The van der Waals surface area contributed by atoms with Crippen molar-refractivity contribution >= 4 is 44.2 Å². The molecule has 1 aliphatic rings. The molecule has 4 heterocycles. The molecule has 0 bridgehead atoms. The molecule has 8 aromatic rings. The van der Waals surface area contributed by atoms with E-state index in [-0.39, 0.29) is 25.0 Å². The minimum Gasteiger partial charge on any atom is -0.505 e. The number of aryl methyl sites for hydroxylation is 3. The molecule has 0 radical (unpaired) electrons. The number of fused-ring (bicyclic) bond motifs is 2. The number of carbonyl (C=O) groups is 1. The fourth-order valence-corrected chi connectivity index (χ4v) is 10.5. The van der Waals surface area contributed by atoms with Gasteiger partial charge >= 0.3 is 0 Å². The molecule has 4 aromatic carbocycles. The van der Waals surface area contributed by atoms with E-state index < -0.39 is 22.0 Å². The number of phenols is 1. The van der Waals surface area contributed by atoms with Crippen molar-refractivity contribution in [2.75, 3.05) is 19.8 Å². The highest BCUT2D eigenvalue weighted by atomic mass is 28.3. The van der Waals surface area contributed by atoms with Gasteiger partial charge in [0, 0.05) is 58.6 Å². The average Bonchev–Trinajstić information content (AvgIpc) is 3.65. The largest absolute Gasteiger partial charge is 0.505 e. The summed E-state index contributed by atoms with van der Waals surface area (Å²) in [6, 6.07) is 20.5.